The molecule has 0 aliphatic carbocycles. The Morgan fingerprint density at radius 1 is 1.36 bits per heavy atom. The standard InChI is InChI=1S/C18H21N5O2/c1-5-10-25-13(4)15-12(3)21-16(17(19)23-15)18(24)22-11(2)14-8-6-7-9-20-14/h5-11H,4H2,1-3H3,(H2,19,23)(H,22,24)/b10-5-. The number of rotatable bonds is 6. The summed E-state index contributed by atoms with van der Waals surface area (Å²) in [6, 6.07) is 5.21. The predicted octanol–water partition coefficient (Wildman–Crippen LogP) is 2.77. The highest BCUT2D eigenvalue weighted by molar-refractivity contribution is 5.96. The highest BCUT2D eigenvalue weighted by Crippen LogP contribution is 2.19. The number of aromatic nitrogens is 3. The van der Waals surface area contributed by atoms with Crippen LogP contribution in [0, 0.1) is 6.92 Å². The molecule has 0 saturated heterocycles. The molecule has 2 aromatic rings. The molecule has 0 spiro atoms. The van der Waals surface area contributed by atoms with Crippen molar-refractivity contribution >= 4 is 17.5 Å². The van der Waals surface area contributed by atoms with Crippen molar-refractivity contribution in [2.45, 2.75) is 26.8 Å². The van der Waals surface area contributed by atoms with E-state index in [1.807, 2.05) is 32.0 Å². The lowest BCUT2D eigenvalue weighted by atomic mass is 10.2. The van der Waals surface area contributed by atoms with E-state index >= 15 is 0 Å². The summed E-state index contributed by atoms with van der Waals surface area (Å²) in [4.78, 5) is 25.2. The summed E-state index contributed by atoms with van der Waals surface area (Å²) in [6.07, 6.45) is 4.87. The van der Waals surface area contributed by atoms with Crippen LogP contribution >= 0.6 is 0 Å². The number of nitrogens with one attached hydrogen (secondary N) is 1. The summed E-state index contributed by atoms with van der Waals surface area (Å²) >= 11 is 0. The fourth-order valence-electron chi connectivity index (χ4n) is 2.14. The van der Waals surface area contributed by atoms with Gasteiger partial charge in [0, 0.05) is 6.20 Å². The molecule has 0 aromatic carbocycles. The summed E-state index contributed by atoms with van der Waals surface area (Å²) in [5.41, 5.74) is 7.61. The van der Waals surface area contributed by atoms with E-state index in [-0.39, 0.29) is 17.6 Å². The fourth-order valence-corrected chi connectivity index (χ4v) is 2.14. The normalized spacial score (nSPS) is 12.0. The number of hydrogen-bond acceptors (Lipinski definition) is 6. The average Bonchev–Trinajstić information content (AvgIpc) is 2.61. The van der Waals surface area contributed by atoms with E-state index < -0.39 is 5.91 Å². The zero-order valence-corrected chi connectivity index (χ0v) is 14.5. The number of carbonyl (C=O) groups excluding carboxylic acids is 1. The molecule has 7 nitrogen and oxygen atoms in total. The molecule has 25 heavy (non-hydrogen) atoms. The van der Waals surface area contributed by atoms with E-state index in [9.17, 15) is 4.79 Å². The van der Waals surface area contributed by atoms with Gasteiger partial charge in [-0.1, -0.05) is 18.7 Å². The Labute approximate surface area is 146 Å². The number of amides is 1. The van der Waals surface area contributed by atoms with Crippen LogP contribution in [0.25, 0.3) is 5.76 Å². The monoisotopic (exact) mass is 339 g/mol. The Balaban J connectivity index is 2.20. The molecule has 3 N–H and O–H groups in total. The lowest BCUT2D eigenvalue weighted by molar-refractivity contribution is 0.0934. The number of anilines is 1. The molecular weight excluding hydrogens is 318 g/mol. The maximum absolute atomic E-state index is 12.5. The number of pyridine rings is 1. The average molecular weight is 339 g/mol. The minimum absolute atomic E-state index is 0.0107. The van der Waals surface area contributed by atoms with E-state index in [1.54, 1.807) is 19.2 Å². The Morgan fingerprint density at radius 3 is 2.76 bits per heavy atom. The van der Waals surface area contributed by atoms with Gasteiger partial charge in [-0.2, -0.15) is 0 Å². The molecule has 1 unspecified atom stereocenters. The van der Waals surface area contributed by atoms with Crippen molar-refractivity contribution in [2.24, 2.45) is 0 Å². The van der Waals surface area contributed by atoms with Gasteiger partial charge < -0.3 is 15.8 Å². The molecule has 0 fully saturated rings. The first kappa shape index (κ1) is 18.1. The largest absolute Gasteiger partial charge is 0.464 e. The molecule has 0 bridgehead atoms. The first-order chi connectivity index (χ1) is 11.9. The third-order valence-electron chi connectivity index (χ3n) is 3.40. The number of allylic oxidation sites excluding steroid dienone is 1. The number of nitrogen functional groups attached to an aromatic ring is 1. The van der Waals surface area contributed by atoms with Crippen molar-refractivity contribution in [2.75, 3.05) is 5.73 Å². The van der Waals surface area contributed by atoms with Crippen LogP contribution in [0.5, 0.6) is 0 Å². The van der Waals surface area contributed by atoms with Crippen LogP contribution in [0.2, 0.25) is 0 Å². The van der Waals surface area contributed by atoms with E-state index in [4.69, 9.17) is 10.5 Å². The first-order valence-electron chi connectivity index (χ1n) is 7.77. The number of nitrogens with two attached hydrogens (primary N) is 1. The molecule has 0 radical (unpaired) electrons. The molecule has 0 aliphatic heterocycles. The van der Waals surface area contributed by atoms with E-state index in [0.717, 1.165) is 5.69 Å². The summed E-state index contributed by atoms with van der Waals surface area (Å²) < 4.78 is 5.29. The van der Waals surface area contributed by atoms with Crippen molar-refractivity contribution in [1.82, 2.24) is 20.3 Å². The Hall–Kier alpha value is -3.22. The van der Waals surface area contributed by atoms with Crippen LogP contribution < -0.4 is 11.1 Å². The van der Waals surface area contributed by atoms with Gasteiger partial charge >= 0.3 is 0 Å². The van der Waals surface area contributed by atoms with Crippen LogP contribution in [0.15, 0.2) is 43.3 Å². The van der Waals surface area contributed by atoms with Gasteiger partial charge in [-0.25, -0.2) is 9.97 Å². The number of nitrogens with zero attached hydrogens (tertiary/aromatic N) is 3. The molecule has 2 aromatic heterocycles. The molecule has 7 heteroatoms. The smallest absolute Gasteiger partial charge is 0.274 e. The van der Waals surface area contributed by atoms with Gasteiger partial charge in [-0.15, -0.1) is 0 Å². The van der Waals surface area contributed by atoms with E-state index in [2.05, 4.69) is 26.8 Å². The van der Waals surface area contributed by atoms with E-state index in [1.165, 1.54) is 6.26 Å². The molecule has 0 saturated carbocycles. The minimum atomic E-state index is -0.419. The van der Waals surface area contributed by atoms with Crippen LogP contribution in [0.4, 0.5) is 5.82 Å². The lowest BCUT2D eigenvalue weighted by Gasteiger charge is -2.15. The number of aryl methyl sites for hydroxylation is 1. The number of hydrogen-bond donors (Lipinski definition) is 2. The second-order valence-corrected chi connectivity index (χ2v) is 5.35. The highest BCUT2D eigenvalue weighted by atomic mass is 16.5. The van der Waals surface area contributed by atoms with Crippen LogP contribution in [0.3, 0.4) is 0 Å². The van der Waals surface area contributed by atoms with Gasteiger partial charge in [0.25, 0.3) is 5.91 Å². The van der Waals surface area contributed by atoms with Crippen molar-refractivity contribution in [3.8, 4) is 0 Å². The van der Waals surface area contributed by atoms with Crippen molar-refractivity contribution in [1.29, 1.82) is 0 Å². The SMILES string of the molecule is C=C(O/C=C\C)c1nc(N)c(C(=O)NC(C)c2ccccn2)nc1C. The van der Waals surface area contributed by atoms with Crippen molar-refractivity contribution in [3.05, 3.63) is 66.1 Å². The lowest BCUT2D eigenvalue weighted by Crippen LogP contribution is -2.29. The topological polar surface area (TPSA) is 103 Å². The maximum atomic E-state index is 12.5. The Morgan fingerprint density at radius 2 is 2.12 bits per heavy atom. The van der Waals surface area contributed by atoms with E-state index in [0.29, 0.717) is 17.1 Å². The highest BCUT2D eigenvalue weighted by Gasteiger charge is 2.20. The first-order valence-corrected chi connectivity index (χ1v) is 7.77. The molecule has 1 atom stereocenters. The van der Waals surface area contributed by atoms with Gasteiger partial charge in [0.1, 0.15) is 11.5 Å². The molecule has 130 valence electrons. The summed E-state index contributed by atoms with van der Waals surface area (Å²) in [7, 11) is 0. The number of ether oxygens (including phenoxy) is 1. The van der Waals surface area contributed by atoms with Crippen LogP contribution in [0.1, 0.15) is 47.5 Å². The van der Waals surface area contributed by atoms with Gasteiger partial charge in [0.2, 0.25) is 0 Å². The van der Waals surface area contributed by atoms with Gasteiger partial charge in [-0.3, -0.25) is 9.78 Å². The molecule has 2 rings (SSSR count). The second kappa shape index (κ2) is 8.05. The van der Waals surface area contributed by atoms with Crippen molar-refractivity contribution < 1.29 is 9.53 Å². The third-order valence-corrected chi connectivity index (χ3v) is 3.40. The molecular formula is C18H21N5O2. The fraction of sp³-hybridized carbons (Fsp3) is 0.222. The Kier molecular flexibility index (Phi) is 5.84. The molecule has 2 heterocycles. The maximum Gasteiger partial charge on any atom is 0.274 e. The van der Waals surface area contributed by atoms with Crippen molar-refractivity contribution in [3.63, 3.8) is 0 Å². The van der Waals surface area contributed by atoms with Crippen LogP contribution in [-0.4, -0.2) is 20.9 Å². The predicted molar refractivity (Wildman–Crippen MR) is 96.2 cm³/mol. The quantitative estimate of drug-likeness (QED) is 0.784. The third kappa shape index (κ3) is 4.41. The summed E-state index contributed by atoms with van der Waals surface area (Å²) in [5, 5.41) is 2.81. The summed E-state index contributed by atoms with van der Waals surface area (Å²) in [5.74, 6) is -0.0991. The second-order valence-electron chi connectivity index (χ2n) is 5.35. The summed E-state index contributed by atoms with van der Waals surface area (Å²) in [6.45, 7) is 9.15. The minimum Gasteiger partial charge on any atom is -0.464 e. The Bertz CT molecular complexity index is 803. The van der Waals surface area contributed by atoms with Gasteiger partial charge in [0.15, 0.2) is 11.5 Å². The van der Waals surface area contributed by atoms with Gasteiger partial charge in [-0.05, 0) is 32.9 Å². The van der Waals surface area contributed by atoms with Crippen LogP contribution in [-0.2, 0) is 4.74 Å². The van der Waals surface area contributed by atoms with Gasteiger partial charge in [0.05, 0.1) is 23.7 Å². The zero-order chi connectivity index (χ0) is 18.4. The zero-order valence-electron chi connectivity index (χ0n) is 14.5. The molecule has 0 aliphatic rings. The molecule has 1 amide bonds. The number of carbonyl (C=O) groups is 1.